The maximum Gasteiger partial charge on any atom is 0.135 e. The van der Waals surface area contributed by atoms with Crippen molar-refractivity contribution in [3.05, 3.63) is 36.7 Å². The van der Waals surface area contributed by atoms with Crippen molar-refractivity contribution in [2.24, 2.45) is 5.92 Å². The Hall–Kier alpha value is -2.34. The number of aromatic nitrogens is 2. The summed E-state index contributed by atoms with van der Waals surface area (Å²) in [5.74, 6) is 2.32. The largest absolute Gasteiger partial charge is 0.378 e. The second-order valence-corrected chi connectivity index (χ2v) is 6.64. The third-order valence-electron chi connectivity index (χ3n) is 4.21. The Morgan fingerprint density at radius 3 is 2.68 bits per heavy atom. The Balaban J connectivity index is 1.70. The minimum atomic E-state index is 0.673. The lowest BCUT2D eigenvalue weighted by molar-refractivity contribution is 0.123. The van der Waals surface area contributed by atoms with E-state index in [0.29, 0.717) is 5.92 Å². The SMILES string of the molecule is CC(C)CCNc1cc(Nc2ccccc2N2CCOCC2)ncn1. The van der Waals surface area contributed by atoms with Gasteiger partial charge in [-0.15, -0.1) is 0 Å². The molecule has 1 aromatic heterocycles. The van der Waals surface area contributed by atoms with Gasteiger partial charge in [-0.3, -0.25) is 0 Å². The van der Waals surface area contributed by atoms with Crippen molar-refractivity contribution < 1.29 is 4.74 Å². The number of hydrogen-bond donors (Lipinski definition) is 2. The predicted octanol–water partition coefficient (Wildman–Crippen LogP) is 3.51. The van der Waals surface area contributed by atoms with Gasteiger partial charge in [-0.05, 0) is 24.5 Å². The summed E-state index contributed by atoms with van der Waals surface area (Å²) in [7, 11) is 0. The van der Waals surface area contributed by atoms with Crippen LogP contribution in [-0.4, -0.2) is 42.8 Å². The monoisotopic (exact) mass is 341 g/mol. The summed E-state index contributed by atoms with van der Waals surface area (Å²) < 4.78 is 5.46. The molecule has 6 nitrogen and oxygen atoms in total. The Kier molecular flexibility index (Phi) is 6.06. The Morgan fingerprint density at radius 2 is 1.88 bits per heavy atom. The molecule has 2 N–H and O–H groups in total. The highest BCUT2D eigenvalue weighted by Crippen LogP contribution is 2.29. The zero-order valence-electron chi connectivity index (χ0n) is 15.0. The summed E-state index contributed by atoms with van der Waals surface area (Å²) in [5, 5.41) is 6.80. The lowest BCUT2D eigenvalue weighted by Crippen LogP contribution is -2.36. The molecule has 3 rings (SSSR count). The van der Waals surface area contributed by atoms with Crippen LogP contribution in [0.3, 0.4) is 0 Å². The van der Waals surface area contributed by atoms with Crippen LogP contribution in [0.4, 0.5) is 23.0 Å². The fraction of sp³-hybridized carbons (Fsp3) is 0.474. The van der Waals surface area contributed by atoms with E-state index in [1.807, 2.05) is 12.1 Å². The summed E-state index contributed by atoms with van der Waals surface area (Å²) >= 11 is 0. The summed E-state index contributed by atoms with van der Waals surface area (Å²) in [6.45, 7) is 8.71. The van der Waals surface area contributed by atoms with Gasteiger partial charge in [-0.2, -0.15) is 0 Å². The van der Waals surface area contributed by atoms with E-state index in [9.17, 15) is 0 Å². The Bertz CT molecular complexity index is 670. The predicted molar refractivity (Wildman–Crippen MR) is 103 cm³/mol. The second kappa shape index (κ2) is 8.67. The normalized spacial score (nSPS) is 14.6. The zero-order chi connectivity index (χ0) is 17.5. The minimum absolute atomic E-state index is 0.673. The van der Waals surface area contributed by atoms with E-state index in [-0.39, 0.29) is 0 Å². The molecular formula is C19H27N5O. The van der Waals surface area contributed by atoms with Crippen LogP contribution in [0.25, 0.3) is 0 Å². The van der Waals surface area contributed by atoms with Gasteiger partial charge in [0.2, 0.25) is 0 Å². The maximum atomic E-state index is 5.46. The molecule has 134 valence electrons. The summed E-state index contributed by atoms with van der Waals surface area (Å²) in [5.41, 5.74) is 2.23. The van der Waals surface area contributed by atoms with E-state index < -0.39 is 0 Å². The van der Waals surface area contributed by atoms with E-state index in [2.05, 4.69) is 57.5 Å². The highest BCUT2D eigenvalue weighted by molar-refractivity contribution is 5.74. The number of ether oxygens (including phenoxy) is 1. The number of para-hydroxylation sites is 2. The van der Waals surface area contributed by atoms with E-state index >= 15 is 0 Å². The van der Waals surface area contributed by atoms with Crippen molar-refractivity contribution in [1.82, 2.24) is 9.97 Å². The van der Waals surface area contributed by atoms with Crippen LogP contribution >= 0.6 is 0 Å². The fourth-order valence-corrected chi connectivity index (χ4v) is 2.81. The molecule has 0 saturated carbocycles. The molecule has 6 heteroatoms. The lowest BCUT2D eigenvalue weighted by Gasteiger charge is -2.30. The number of nitrogens with zero attached hydrogens (tertiary/aromatic N) is 3. The molecule has 0 radical (unpaired) electrons. The topological polar surface area (TPSA) is 62.3 Å². The molecule has 25 heavy (non-hydrogen) atoms. The average molecular weight is 341 g/mol. The number of benzene rings is 1. The zero-order valence-corrected chi connectivity index (χ0v) is 15.0. The minimum Gasteiger partial charge on any atom is -0.378 e. The molecule has 1 aromatic carbocycles. The van der Waals surface area contributed by atoms with Crippen molar-refractivity contribution in [2.75, 3.05) is 48.4 Å². The van der Waals surface area contributed by atoms with Gasteiger partial charge in [0.05, 0.1) is 24.6 Å². The van der Waals surface area contributed by atoms with Crippen molar-refractivity contribution in [3.63, 3.8) is 0 Å². The van der Waals surface area contributed by atoms with Gasteiger partial charge in [-0.25, -0.2) is 9.97 Å². The van der Waals surface area contributed by atoms with E-state index in [1.165, 1.54) is 5.69 Å². The van der Waals surface area contributed by atoms with Crippen molar-refractivity contribution in [1.29, 1.82) is 0 Å². The Morgan fingerprint density at radius 1 is 1.12 bits per heavy atom. The van der Waals surface area contributed by atoms with Crippen LogP contribution in [0.15, 0.2) is 36.7 Å². The van der Waals surface area contributed by atoms with Gasteiger partial charge in [0.1, 0.15) is 18.0 Å². The van der Waals surface area contributed by atoms with Crippen molar-refractivity contribution in [3.8, 4) is 0 Å². The molecule has 2 aromatic rings. The first kappa shape index (κ1) is 17.5. The molecule has 0 aliphatic carbocycles. The molecule has 1 aliphatic rings. The molecule has 0 spiro atoms. The van der Waals surface area contributed by atoms with Crippen LogP contribution in [0.2, 0.25) is 0 Å². The van der Waals surface area contributed by atoms with E-state index in [1.54, 1.807) is 6.33 Å². The summed E-state index contributed by atoms with van der Waals surface area (Å²) in [4.78, 5) is 11.0. The third-order valence-corrected chi connectivity index (χ3v) is 4.21. The van der Waals surface area contributed by atoms with Crippen LogP contribution in [0.5, 0.6) is 0 Å². The molecule has 1 saturated heterocycles. The fourth-order valence-electron chi connectivity index (χ4n) is 2.81. The number of rotatable bonds is 7. The quantitative estimate of drug-likeness (QED) is 0.803. The van der Waals surface area contributed by atoms with Gasteiger partial charge in [0.25, 0.3) is 0 Å². The molecular weight excluding hydrogens is 314 g/mol. The summed E-state index contributed by atoms with van der Waals surface area (Å²) in [6.07, 6.45) is 2.71. The first-order valence-corrected chi connectivity index (χ1v) is 8.97. The van der Waals surface area contributed by atoms with Gasteiger partial charge in [0.15, 0.2) is 0 Å². The molecule has 2 heterocycles. The van der Waals surface area contributed by atoms with E-state index in [0.717, 1.165) is 56.6 Å². The number of nitrogens with one attached hydrogen (secondary N) is 2. The van der Waals surface area contributed by atoms with Gasteiger partial charge in [-0.1, -0.05) is 26.0 Å². The van der Waals surface area contributed by atoms with Crippen LogP contribution in [0, 0.1) is 5.92 Å². The number of hydrogen-bond acceptors (Lipinski definition) is 6. The Labute approximate surface area is 149 Å². The molecule has 0 amide bonds. The third kappa shape index (κ3) is 5.06. The second-order valence-electron chi connectivity index (χ2n) is 6.64. The highest BCUT2D eigenvalue weighted by Gasteiger charge is 2.14. The van der Waals surface area contributed by atoms with Gasteiger partial charge in [0, 0.05) is 25.7 Å². The van der Waals surface area contributed by atoms with Gasteiger partial charge < -0.3 is 20.3 Å². The van der Waals surface area contributed by atoms with Gasteiger partial charge >= 0.3 is 0 Å². The highest BCUT2D eigenvalue weighted by atomic mass is 16.5. The molecule has 0 unspecified atom stereocenters. The van der Waals surface area contributed by atoms with E-state index in [4.69, 9.17) is 4.74 Å². The van der Waals surface area contributed by atoms with Crippen molar-refractivity contribution >= 4 is 23.0 Å². The molecule has 1 fully saturated rings. The first-order valence-electron chi connectivity index (χ1n) is 8.97. The number of anilines is 4. The summed E-state index contributed by atoms with van der Waals surface area (Å²) in [6, 6.07) is 10.3. The molecule has 1 aliphatic heterocycles. The maximum absolute atomic E-state index is 5.46. The van der Waals surface area contributed by atoms with Crippen molar-refractivity contribution in [2.45, 2.75) is 20.3 Å². The molecule has 0 bridgehead atoms. The van der Waals surface area contributed by atoms with Crippen LogP contribution in [-0.2, 0) is 4.74 Å². The first-order chi connectivity index (χ1) is 12.2. The van der Waals surface area contributed by atoms with Crippen LogP contribution in [0.1, 0.15) is 20.3 Å². The van der Waals surface area contributed by atoms with Crippen LogP contribution < -0.4 is 15.5 Å². The lowest BCUT2D eigenvalue weighted by atomic mass is 10.1. The smallest absolute Gasteiger partial charge is 0.135 e. The average Bonchev–Trinajstić information content (AvgIpc) is 2.63. The molecule has 0 atom stereocenters. The number of morpholine rings is 1. The standard InChI is InChI=1S/C19H27N5O/c1-15(2)7-8-20-18-13-19(22-14-21-18)23-16-5-3-4-6-17(16)24-9-11-25-12-10-24/h3-6,13-15H,7-12H2,1-2H3,(H2,20,21,22,23).